The van der Waals surface area contributed by atoms with Crippen molar-refractivity contribution in [2.24, 2.45) is 11.8 Å². The van der Waals surface area contributed by atoms with Gasteiger partial charge in [-0.2, -0.15) is 0 Å². The van der Waals surface area contributed by atoms with Gasteiger partial charge in [0.15, 0.2) is 35.6 Å². The van der Waals surface area contributed by atoms with E-state index < -0.39 is 24.2 Å². The minimum atomic E-state index is -0.584. The minimum Gasteiger partial charge on any atom is -0.502 e. The molecule has 0 radical (unpaired) electrons. The van der Waals surface area contributed by atoms with E-state index in [9.17, 15) is 9.90 Å². The van der Waals surface area contributed by atoms with Crippen LogP contribution in [0.5, 0.6) is 28.7 Å². The molecule has 3 saturated heterocycles. The van der Waals surface area contributed by atoms with Gasteiger partial charge >= 0.3 is 5.97 Å². The van der Waals surface area contributed by atoms with Gasteiger partial charge in [-0.25, -0.2) is 0 Å². The fourth-order valence-corrected chi connectivity index (χ4v) is 7.25. The Kier molecular flexibility index (Phi) is 7.29. The van der Waals surface area contributed by atoms with Crippen LogP contribution >= 0.6 is 0 Å². The van der Waals surface area contributed by atoms with Crippen LogP contribution in [0.3, 0.4) is 0 Å². The van der Waals surface area contributed by atoms with E-state index in [0.29, 0.717) is 24.5 Å². The maximum absolute atomic E-state index is 13.5. The van der Waals surface area contributed by atoms with Gasteiger partial charge in [-0.1, -0.05) is 0 Å². The second kappa shape index (κ2) is 11.0. The highest BCUT2D eigenvalue weighted by Gasteiger charge is 2.55. The van der Waals surface area contributed by atoms with E-state index in [1.54, 1.807) is 12.1 Å². The largest absolute Gasteiger partial charge is 0.502 e. The summed E-state index contributed by atoms with van der Waals surface area (Å²) in [4.78, 5) is 15.6. The lowest BCUT2D eigenvalue weighted by Crippen LogP contribution is -2.60. The smallest absolute Gasteiger partial charge is 0.310 e. The molecule has 9 atom stereocenters. The summed E-state index contributed by atoms with van der Waals surface area (Å²) in [6, 6.07) is 7.36. The Morgan fingerprint density at radius 2 is 1.63 bits per heavy atom. The molecule has 2 aromatic carbocycles. The van der Waals surface area contributed by atoms with Gasteiger partial charge < -0.3 is 52.6 Å². The summed E-state index contributed by atoms with van der Waals surface area (Å²) >= 11 is 0. The quantitative estimate of drug-likeness (QED) is 0.491. The average Bonchev–Trinajstić information content (AvgIpc) is 3.62. The number of aromatic hydroxyl groups is 1. The summed E-state index contributed by atoms with van der Waals surface area (Å²) in [6.45, 7) is 2.57. The molecule has 232 valence electrons. The van der Waals surface area contributed by atoms with Crippen LogP contribution in [0, 0.1) is 11.8 Å². The lowest BCUT2D eigenvalue weighted by Gasteiger charge is -2.48. The van der Waals surface area contributed by atoms with Crippen LogP contribution in [0.25, 0.3) is 0 Å². The maximum atomic E-state index is 13.5. The first-order valence-corrected chi connectivity index (χ1v) is 14.6. The highest BCUT2D eigenvalue weighted by Crippen LogP contribution is 2.57. The van der Waals surface area contributed by atoms with E-state index in [4.69, 9.17) is 42.6 Å². The Bertz CT molecular complexity index is 1370. The summed E-state index contributed by atoms with van der Waals surface area (Å²) in [5.74, 6) is -0.135. The monoisotopic (exact) mass is 599 g/mol. The second-order valence-corrected chi connectivity index (χ2v) is 11.8. The van der Waals surface area contributed by atoms with Crippen molar-refractivity contribution in [1.29, 1.82) is 0 Å². The van der Waals surface area contributed by atoms with Crippen molar-refractivity contribution in [2.75, 3.05) is 48.3 Å². The van der Waals surface area contributed by atoms with Crippen molar-refractivity contribution < 1.29 is 52.5 Å². The summed E-state index contributed by atoms with van der Waals surface area (Å²) in [6.07, 6.45) is -1.32. The topological polar surface area (TPSA) is 124 Å². The van der Waals surface area contributed by atoms with Crippen LogP contribution < -0.4 is 18.9 Å². The van der Waals surface area contributed by atoms with Crippen molar-refractivity contribution in [3.05, 3.63) is 41.0 Å². The van der Waals surface area contributed by atoms with Crippen molar-refractivity contribution in [1.82, 2.24) is 4.90 Å². The number of phenolic OH excluding ortho intramolecular Hbond substituents is 1. The number of esters is 1. The molecule has 12 heteroatoms. The first-order valence-electron chi connectivity index (χ1n) is 14.6. The first kappa shape index (κ1) is 28.5. The molecule has 0 aromatic heterocycles. The molecule has 12 nitrogen and oxygen atoms in total. The maximum Gasteiger partial charge on any atom is 0.310 e. The van der Waals surface area contributed by atoms with E-state index in [2.05, 4.69) is 4.90 Å². The molecule has 4 aliphatic heterocycles. The first-order chi connectivity index (χ1) is 20.8. The normalized spacial score (nSPS) is 34.3. The van der Waals surface area contributed by atoms with Crippen molar-refractivity contribution in [3.63, 3.8) is 0 Å². The Balaban J connectivity index is 1.30. The number of cyclic esters (lactones) is 1. The number of carbonyl (C=O) groups excluding carboxylic acids is 1. The van der Waals surface area contributed by atoms with Crippen LogP contribution in [0.4, 0.5) is 0 Å². The van der Waals surface area contributed by atoms with Crippen molar-refractivity contribution in [2.45, 2.75) is 56.2 Å². The number of rotatable bonds is 6. The molecule has 3 fully saturated rings. The number of ether oxygens (including phenoxy) is 9. The molecule has 0 bridgehead atoms. The number of likely N-dealkylation sites (N-methyl/N-ethyl adjacent to an activating group) is 1. The van der Waals surface area contributed by atoms with Crippen LogP contribution in [-0.4, -0.2) is 95.1 Å². The number of hydrogen-bond donors (Lipinski definition) is 1. The fourth-order valence-electron chi connectivity index (χ4n) is 7.25. The number of fused-ring (bicyclic) bond motifs is 4. The van der Waals surface area contributed by atoms with Gasteiger partial charge in [-0.3, -0.25) is 4.79 Å². The molecule has 5 aliphatic rings. The lowest BCUT2D eigenvalue weighted by molar-refractivity contribution is -0.330. The summed E-state index contributed by atoms with van der Waals surface area (Å²) in [5.41, 5.74) is 2.42. The number of carbonyl (C=O) groups is 1. The zero-order valence-electron chi connectivity index (χ0n) is 24.8. The Morgan fingerprint density at radius 1 is 0.930 bits per heavy atom. The van der Waals surface area contributed by atoms with Crippen molar-refractivity contribution >= 4 is 5.97 Å². The zero-order chi connectivity index (χ0) is 30.0. The lowest BCUT2D eigenvalue weighted by atomic mass is 9.66. The van der Waals surface area contributed by atoms with Crippen LogP contribution in [0.2, 0.25) is 0 Å². The second-order valence-electron chi connectivity index (χ2n) is 11.8. The molecule has 1 N–H and O–H groups in total. The molecule has 43 heavy (non-hydrogen) atoms. The fraction of sp³-hybridized carbons (Fsp3) is 0.581. The number of hydrogen-bond acceptors (Lipinski definition) is 12. The summed E-state index contributed by atoms with van der Waals surface area (Å²) in [7, 11) is 6.99. The van der Waals surface area contributed by atoms with Gasteiger partial charge in [0.1, 0.15) is 12.2 Å². The predicted molar refractivity (Wildman–Crippen MR) is 148 cm³/mol. The van der Waals surface area contributed by atoms with Crippen LogP contribution in [0.1, 0.15) is 42.1 Å². The molecule has 0 spiro atoms. The Labute approximate surface area is 249 Å². The van der Waals surface area contributed by atoms with Gasteiger partial charge in [0.25, 0.3) is 0 Å². The van der Waals surface area contributed by atoms with E-state index >= 15 is 0 Å². The van der Waals surface area contributed by atoms with Crippen LogP contribution in [0.15, 0.2) is 24.3 Å². The van der Waals surface area contributed by atoms with Gasteiger partial charge in [0.05, 0.1) is 39.5 Å². The average molecular weight is 600 g/mol. The Hall–Kier alpha value is -3.29. The highest BCUT2D eigenvalue weighted by atomic mass is 16.7. The van der Waals surface area contributed by atoms with Crippen molar-refractivity contribution in [3.8, 4) is 28.7 Å². The summed E-state index contributed by atoms with van der Waals surface area (Å²) < 4.78 is 53.4. The molecule has 0 amide bonds. The molecule has 0 saturated carbocycles. The summed E-state index contributed by atoms with van der Waals surface area (Å²) in [5, 5.41) is 10.6. The molecular weight excluding hydrogens is 562 g/mol. The highest BCUT2D eigenvalue weighted by molar-refractivity contribution is 5.79. The zero-order valence-corrected chi connectivity index (χ0v) is 24.8. The third kappa shape index (κ3) is 4.76. The van der Waals surface area contributed by atoms with Crippen LogP contribution in [-0.2, 0) is 28.5 Å². The number of phenols is 1. The number of methoxy groups -OCH3 is 2. The minimum absolute atomic E-state index is 0.0387. The molecule has 2 aromatic rings. The van der Waals surface area contributed by atoms with Gasteiger partial charge in [-0.05, 0) is 62.0 Å². The third-order valence-electron chi connectivity index (χ3n) is 9.29. The van der Waals surface area contributed by atoms with E-state index in [1.165, 1.54) is 14.2 Å². The Morgan fingerprint density at radius 3 is 2.30 bits per heavy atom. The van der Waals surface area contributed by atoms with E-state index in [1.807, 2.05) is 33.2 Å². The van der Waals surface area contributed by atoms with Gasteiger partial charge in [-0.15, -0.1) is 0 Å². The number of nitrogens with zero attached hydrogens (tertiary/aromatic N) is 1. The SMILES string of the molecule is COc1cc([C@@H]2c3cc4c(cc3[C@@H](O[C@H]3C[C@@H](N(C)C)[C@H]5O[C@H](C)OC[C@H]5O3)[C@H]3COC(=O)[C@H]23)OCO4)cc(OC)c1O. The molecule has 4 heterocycles. The molecule has 7 rings (SSSR count). The standard InChI is InChI=1S/C31H37NO11/c1-14-37-12-24-30(41-14)19(32(2)3)10-25(42-24)43-29-17-9-21-20(39-13-40-21)8-16(17)26(27-18(29)11-38-31(27)34)15-6-22(35-4)28(33)23(7-15)36-5/h6-9,14,18-19,24-27,29-30,33H,10-13H2,1-5H3/t14-,18+,19-,24-,25+,26-,27+,29-,30-/m1/s1. The van der Waals surface area contributed by atoms with Gasteiger partial charge in [0, 0.05) is 24.3 Å². The third-order valence-corrected chi connectivity index (χ3v) is 9.29. The molecular formula is C31H37NO11. The predicted octanol–water partition coefficient (Wildman–Crippen LogP) is 2.94. The van der Waals surface area contributed by atoms with E-state index in [-0.39, 0.29) is 67.1 Å². The number of benzene rings is 2. The van der Waals surface area contributed by atoms with Gasteiger partial charge in [0.2, 0.25) is 12.5 Å². The van der Waals surface area contributed by atoms with E-state index in [0.717, 1.165) is 16.7 Å². The molecule has 1 aliphatic carbocycles. The molecule has 0 unspecified atom stereocenters.